The third kappa shape index (κ3) is 2.00. The Morgan fingerprint density at radius 2 is 1.74 bits per heavy atom. The Morgan fingerprint density at radius 3 is 2.53 bits per heavy atom. The predicted octanol–water partition coefficient (Wildman–Crippen LogP) is 6.03. The third-order valence-corrected chi connectivity index (χ3v) is 4.59. The van der Waals surface area contributed by atoms with Crippen LogP contribution in [0.3, 0.4) is 0 Å². The first-order valence-corrected chi connectivity index (χ1v) is 7.36. The smallest absolute Gasteiger partial charge is 0.0433 e. The molecule has 0 saturated heterocycles. The van der Waals surface area contributed by atoms with E-state index < -0.39 is 0 Å². The van der Waals surface area contributed by atoms with E-state index >= 15 is 0 Å². The Bertz CT molecular complexity index is 788. The number of hydrogen-bond donors (Lipinski definition) is 0. The molecule has 19 heavy (non-hydrogen) atoms. The molecule has 2 aromatic carbocycles. The normalized spacial score (nSPS) is 12.8. The van der Waals surface area contributed by atoms with Crippen LogP contribution in [0.2, 0.25) is 0 Å². The van der Waals surface area contributed by atoms with E-state index in [1.807, 2.05) is 11.3 Å². The van der Waals surface area contributed by atoms with Crippen LogP contribution in [0.25, 0.3) is 25.7 Å². The summed E-state index contributed by atoms with van der Waals surface area (Å²) >= 11 is 1.88. The molecule has 0 aliphatic rings. The van der Waals surface area contributed by atoms with Crippen molar-refractivity contribution in [3.05, 3.63) is 66.3 Å². The standard InChI is InChI=1S/C18H16S/c1-3-8-13(4-2)14-10-7-11-16-15-9-5-6-12-17(15)19-18(14)16/h3-12H,1-2H3/b8-3-,13-4+. The van der Waals surface area contributed by atoms with Crippen LogP contribution in [-0.2, 0) is 0 Å². The van der Waals surface area contributed by atoms with Crippen LogP contribution in [0, 0.1) is 0 Å². The van der Waals surface area contributed by atoms with E-state index in [9.17, 15) is 0 Å². The van der Waals surface area contributed by atoms with Crippen molar-refractivity contribution >= 4 is 37.1 Å². The van der Waals surface area contributed by atoms with Crippen molar-refractivity contribution in [1.82, 2.24) is 0 Å². The van der Waals surface area contributed by atoms with Crippen molar-refractivity contribution in [3.8, 4) is 0 Å². The zero-order chi connectivity index (χ0) is 13.2. The van der Waals surface area contributed by atoms with E-state index in [2.05, 4.69) is 74.5 Å². The molecule has 0 unspecified atom stereocenters. The molecule has 3 rings (SSSR count). The van der Waals surface area contributed by atoms with Gasteiger partial charge in [0, 0.05) is 20.2 Å². The summed E-state index contributed by atoms with van der Waals surface area (Å²) < 4.78 is 2.75. The number of rotatable bonds is 2. The Balaban J connectivity index is 2.38. The summed E-state index contributed by atoms with van der Waals surface area (Å²) in [5, 5.41) is 2.72. The molecule has 0 N–H and O–H groups in total. The van der Waals surface area contributed by atoms with Crippen LogP contribution >= 0.6 is 11.3 Å². The predicted molar refractivity (Wildman–Crippen MR) is 87.8 cm³/mol. The second kappa shape index (κ2) is 5.02. The van der Waals surface area contributed by atoms with Crippen molar-refractivity contribution in [2.45, 2.75) is 13.8 Å². The molecular formula is C18H16S. The molecule has 0 amide bonds. The second-order valence-corrected chi connectivity index (χ2v) is 5.58. The van der Waals surface area contributed by atoms with E-state index in [4.69, 9.17) is 0 Å². The van der Waals surface area contributed by atoms with Gasteiger partial charge in [0.1, 0.15) is 0 Å². The summed E-state index contributed by atoms with van der Waals surface area (Å²) in [7, 11) is 0. The summed E-state index contributed by atoms with van der Waals surface area (Å²) in [5.74, 6) is 0. The van der Waals surface area contributed by atoms with Gasteiger partial charge in [0.2, 0.25) is 0 Å². The van der Waals surface area contributed by atoms with Crippen molar-refractivity contribution < 1.29 is 0 Å². The SMILES string of the molecule is C/C=C\C(=C/C)c1cccc2c1sc1ccccc12. The highest BCUT2D eigenvalue weighted by Crippen LogP contribution is 2.38. The maximum atomic E-state index is 2.22. The maximum Gasteiger partial charge on any atom is 0.0433 e. The van der Waals surface area contributed by atoms with Crippen LogP contribution in [0.5, 0.6) is 0 Å². The van der Waals surface area contributed by atoms with Crippen LogP contribution in [0.1, 0.15) is 19.4 Å². The van der Waals surface area contributed by atoms with Crippen molar-refractivity contribution in [2.24, 2.45) is 0 Å². The molecule has 0 atom stereocenters. The molecule has 3 aromatic rings. The van der Waals surface area contributed by atoms with Gasteiger partial charge in [-0.15, -0.1) is 11.3 Å². The number of hydrogen-bond acceptors (Lipinski definition) is 1. The summed E-state index contributed by atoms with van der Waals surface area (Å²) in [5.41, 5.74) is 2.62. The van der Waals surface area contributed by atoms with Gasteiger partial charge in [-0.25, -0.2) is 0 Å². The Kier molecular flexibility index (Phi) is 3.22. The van der Waals surface area contributed by atoms with Gasteiger partial charge in [-0.2, -0.15) is 0 Å². The highest BCUT2D eigenvalue weighted by Gasteiger charge is 2.09. The van der Waals surface area contributed by atoms with Crippen molar-refractivity contribution in [3.63, 3.8) is 0 Å². The van der Waals surface area contributed by atoms with E-state index in [0.29, 0.717) is 0 Å². The fourth-order valence-corrected chi connectivity index (χ4v) is 3.73. The van der Waals surface area contributed by atoms with Gasteiger partial charge >= 0.3 is 0 Å². The lowest BCUT2D eigenvalue weighted by Crippen LogP contribution is -1.80. The molecule has 1 heteroatoms. The summed E-state index contributed by atoms with van der Waals surface area (Å²) in [6, 6.07) is 15.2. The van der Waals surface area contributed by atoms with Gasteiger partial charge in [0.15, 0.2) is 0 Å². The average molecular weight is 264 g/mol. The highest BCUT2D eigenvalue weighted by molar-refractivity contribution is 7.26. The lowest BCUT2D eigenvalue weighted by atomic mass is 10.0. The number of allylic oxidation sites excluding steroid dienone is 4. The van der Waals surface area contributed by atoms with Gasteiger partial charge in [0.25, 0.3) is 0 Å². The fourth-order valence-electron chi connectivity index (χ4n) is 2.50. The van der Waals surface area contributed by atoms with Crippen molar-refractivity contribution in [2.75, 3.05) is 0 Å². The molecule has 0 bridgehead atoms. The van der Waals surface area contributed by atoms with Gasteiger partial charge in [-0.05, 0) is 31.1 Å². The first-order chi connectivity index (χ1) is 9.35. The third-order valence-electron chi connectivity index (χ3n) is 3.37. The molecule has 0 aliphatic carbocycles. The summed E-state index contributed by atoms with van der Waals surface area (Å²) in [6.07, 6.45) is 6.46. The second-order valence-electron chi connectivity index (χ2n) is 4.52. The first kappa shape index (κ1) is 12.2. The monoisotopic (exact) mass is 264 g/mol. The van der Waals surface area contributed by atoms with Crippen LogP contribution in [0.15, 0.2) is 60.7 Å². The zero-order valence-electron chi connectivity index (χ0n) is 11.2. The van der Waals surface area contributed by atoms with Crippen LogP contribution < -0.4 is 0 Å². The minimum Gasteiger partial charge on any atom is -0.135 e. The van der Waals surface area contributed by atoms with Crippen LogP contribution in [-0.4, -0.2) is 0 Å². The van der Waals surface area contributed by atoms with E-state index in [1.165, 1.54) is 31.3 Å². The molecule has 0 saturated carbocycles. The Hall–Kier alpha value is -1.86. The average Bonchev–Trinajstić information content (AvgIpc) is 2.83. The summed E-state index contributed by atoms with van der Waals surface area (Å²) in [4.78, 5) is 0. The van der Waals surface area contributed by atoms with E-state index in [-0.39, 0.29) is 0 Å². The largest absolute Gasteiger partial charge is 0.135 e. The molecule has 0 aliphatic heterocycles. The van der Waals surface area contributed by atoms with Gasteiger partial charge in [-0.3, -0.25) is 0 Å². The Morgan fingerprint density at radius 1 is 0.947 bits per heavy atom. The zero-order valence-corrected chi connectivity index (χ0v) is 12.0. The topological polar surface area (TPSA) is 0 Å². The lowest BCUT2D eigenvalue weighted by Gasteiger charge is -2.03. The minimum absolute atomic E-state index is 1.29. The van der Waals surface area contributed by atoms with Gasteiger partial charge in [0.05, 0.1) is 0 Å². The molecule has 1 aromatic heterocycles. The van der Waals surface area contributed by atoms with Gasteiger partial charge in [-0.1, -0.05) is 54.6 Å². The summed E-state index contributed by atoms with van der Waals surface area (Å²) in [6.45, 7) is 4.16. The lowest BCUT2D eigenvalue weighted by molar-refractivity contribution is 1.65. The molecule has 94 valence electrons. The molecule has 0 radical (unpaired) electrons. The van der Waals surface area contributed by atoms with E-state index in [0.717, 1.165) is 0 Å². The maximum absolute atomic E-state index is 2.22. The Labute approximate surface area is 117 Å². The van der Waals surface area contributed by atoms with Crippen LogP contribution in [0.4, 0.5) is 0 Å². The molecule has 1 heterocycles. The van der Waals surface area contributed by atoms with Gasteiger partial charge < -0.3 is 0 Å². The number of thiophene rings is 1. The molecule has 0 fully saturated rings. The molecular weight excluding hydrogens is 248 g/mol. The first-order valence-electron chi connectivity index (χ1n) is 6.54. The highest BCUT2D eigenvalue weighted by atomic mass is 32.1. The van der Waals surface area contributed by atoms with E-state index in [1.54, 1.807) is 0 Å². The minimum atomic E-state index is 1.29. The fraction of sp³-hybridized carbons (Fsp3) is 0.111. The molecule has 0 spiro atoms. The molecule has 0 nitrogen and oxygen atoms in total. The quantitative estimate of drug-likeness (QED) is 0.495. The number of fused-ring (bicyclic) bond motifs is 3. The number of benzene rings is 2. The van der Waals surface area contributed by atoms with Crippen molar-refractivity contribution in [1.29, 1.82) is 0 Å².